The molecule has 0 aromatic heterocycles. The van der Waals surface area contributed by atoms with Crippen molar-refractivity contribution < 1.29 is 19.4 Å². The summed E-state index contributed by atoms with van der Waals surface area (Å²) >= 11 is 0. The molecule has 2 N–H and O–H groups in total. The van der Waals surface area contributed by atoms with E-state index in [1.54, 1.807) is 12.1 Å². The van der Waals surface area contributed by atoms with Gasteiger partial charge in [0.05, 0.1) is 0 Å². The highest BCUT2D eigenvalue weighted by molar-refractivity contribution is 7.39. The molecule has 1 unspecified atom stereocenters. The van der Waals surface area contributed by atoms with Crippen LogP contribution in [0.15, 0.2) is 24.3 Å². The van der Waals surface area contributed by atoms with E-state index < -0.39 is 25.6 Å². The number of benzene rings is 1. The van der Waals surface area contributed by atoms with Gasteiger partial charge >= 0.3 is 14.0 Å². The Balaban J connectivity index is 2.46. The SMILES string of the molecule is O=C(O)[C@H]1c2ccccc2C[C@H]1[P+](=O)O. The van der Waals surface area contributed by atoms with Crippen LogP contribution in [0.5, 0.6) is 0 Å². The highest BCUT2D eigenvalue weighted by Crippen LogP contribution is 2.44. The Morgan fingerprint density at radius 1 is 1.40 bits per heavy atom. The molecule has 15 heavy (non-hydrogen) atoms. The van der Waals surface area contributed by atoms with Gasteiger partial charge in [0.15, 0.2) is 0 Å². The number of carbonyl (C=O) groups is 1. The molecule has 1 aromatic rings. The van der Waals surface area contributed by atoms with Gasteiger partial charge in [0, 0.05) is 6.42 Å². The first-order valence-electron chi connectivity index (χ1n) is 4.57. The number of fused-ring (bicyclic) bond motifs is 1. The lowest BCUT2D eigenvalue weighted by Gasteiger charge is -2.05. The summed E-state index contributed by atoms with van der Waals surface area (Å²) < 4.78 is 11.1. The number of carboxylic acid groups (broad SMARTS) is 1. The summed E-state index contributed by atoms with van der Waals surface area (Å²) in [5, 5.41) is 9.04. The second kappa shape index (κ2) is 3.72. The summed E-state index contributed by atoms with van der Waals surface area (Å²) in [6.45, 7) is 0. The van der Waals surface area contributed by atoms with Crippen LogP contribution in [0.3, 0.4) is 0 Å². The third-order valence-electron chi connectivity index (χ3n) is 2.75. The Bertz CT molecular complexity index is 429. The van der Waals surface area contributed by atoms with Gasteiger partial charge in [0.1, 0.15) is 5.92 Å². The lowest BCUT2D eigenvalue weighted by atomic mass is 10.0. The zero-order valence-corrected chi connectivity index (χ0v) is 8.72. The number of hydrogen-bond donors (Lipinski definition) is 2. The van der Waals surface area contributed by atoms with Gasteiger partial charge in [-0.25, -0.2) is 0 Å². The van der Waals surface area contributed by atoms with Crippen molar-refractivity contribution in [3.8, 4) is 0 Å². The van der Waals surface area contributed by atoms with E-state index in [1.165, 1.54) is 0 Å². The molecule has 1 aliphatic carbocycles. The zero-order chi connectivity index (χ0) is 11.0. The summed E-state index contributed by atoms with van der Waals surface area (Å²) in [6.07, 6.45) is 0.374. The van der Waals surface area contributed by atoms with Gasteiger partial charge in [-0.15, -0.1) is 0 Å². The summed E-state index contributed by atoms with van der Waals surface area (Å²) in [4.78, 5) is 20.1. The van der Waals surface area contributed by atoms with Crippen LogP contribution in [0.1, 0.15) is 17.0 Å². The molecule has 0 fully saturated rings. The molecule has 0 saturated heterocycles. The van der Waals surface area contributed by atoms with Crippen LogP contribution < -0.4 is 0 Å². The molecule has 0 aliphatic heterocycles. The minimum Gasteiger partial charge on any atom is -0.481 e. The second-order valence-electron chi connectivity index (χ2n) is 3.59. The number of aliphatic carboxylic acids is 1. The Morgan fingerprint density at radius 2 is 2.07 bits per heavy atom. The molecule has 4 nitrogen and oxygen atoms in total. The monoisotopic (exact) mass is 225 g/mol. The van der Waals surface area contributed by atoms with Crippen LogP contribution in [0.2, 0.25) is 0 Å². The molecule has 0 amide bonds. The zero-order valence-electron chi connectivity index (χ0n) is 7.83. The van der Waals surface area contributed by atoms with Crippen LogP contribution >= 0.6 is 8.03 Å². The quantitative estimate of drug-likeness (QED) is 0.748. The third-order valence-corrected chi connectivity index (χ3v) is 3.80. The van der Waals surface area contributed by atoms with E-state index in [1.807, 2.05) is 12.1 Å². The van der Waals surface area contributed by atoms with Crippen molar-refractivity contribution in [3.63, 3.8) is 0 Å². The lowest BCUT2D eigenvalue weighted by Crippen LogP contribution is -2.19. The summed E-state index contributed by atoms with van der Waals surface area (Å²) in [6, 6.07) is 7.09. The molecule has 0 radical (unpaired) electrons. The molecule has 0 saturated carbocycles. The standard InChI is InChI=1S/C10H9O4P/c11-10(12)9-7-4-2-1-3-6(7)5-8(9)15(13)14/h1-4,8-9H,5H2,(H-,11,12,13,14)/p+1/t8-,9+/m1/s1. The van der Waals surface area contributed by atoms with Gasteiger partial charge in [0.25, 0.3) is 0 Å². The maximum absolute atomic E-state index is 11.1. The molecular formula is C10H10O4P+. The Labute approximate surface area is 87.4 Å². The Hall–Kier alpha value is -1.25. The first-order valence-corrected chi connectivity index (χ1v) is 5.85. The van der Waals surface area contributed by atoms with E-state index in [0.29, 0.717) is 12.0 Å². The van der Waals surface area contributed by atoms with E-state index in [0.717, 1.165) is 5.56 Å². The van der Waals surface area contributed by atoms with Crippen molar-refractivity contribution in [1.29, 1.82) is 0 Å². The molecule has 2 rings (SSSR count). The van der Waals surface area contributed by atoms with Gasteiger partial charge in [-0.1, -0.05) is 24.3 Å². The van der Waals surface area contributed by atoms with E-state index in [2.05, 4.69) is 0 Å². The average molecular weight is 225 g/mol. The fourth-order valence-corrected chi connectivity index (χ4v) is 2.97. The molecule has 0 bridgehead atoms. The topological polar surface area (TPSA) is 74.6 Å². The van der Waals surface area contributed by atoms with Crippen molar-refractivity contribution in [1.82, 2.24) is 0 Å². The van der Waals surface area contributed by atoms with Crippen LogP contribution in [-0.4, -0.2) is 21.6 Å². The minimum atomic E-state index is -2.45. The van der Waals surface area contributed by atoms with Gasteiger partial charge in [-0.05, 0) is 15.7 Å². The first-order chi connectivity index (χ1) is 7.11. The lowest BCUT2D eigenvalue weighted by molar-refractivity contribution is -0.138. The summed E-state index contributed by atoms with van der Waals surface area (Å²) in [5.74, 6) is -1.86. The minimum absolute atomic E-state index is 0.374. The van der Waals surface area contributed by atoms with Crippen LogP contribution in [0, 0.1) is 0 Å². The van der Waals surface area contributed by atoms with Crippen molar-refractivity contribution in [2.45, 2.75) is 18.0 Å². The number of carboxylic acids is 1. The fraction of sp³-hybridized carbons (Fsp3) is 0.300. The molecule has 1 aromatic carbocycles. The predicted octanol–water partition coefficient (Wildman–Crippen LogP) is 1.51. The van der Waals surface area contributed by atoms with Gasteiger partial charge in [0.2, 0.25) is 5.66 Å². The molecule has 3 atom stereocenters. The normalized spacial score (nSPS) is 24.7. The average Bonchev–Trinajstić information content (AvgIpc) is 2.56. The second-order valence-corrected chi connectivity index (χ2v) is 4.86. The van der Waals surface area contributed by atoms with Crippen LogP contribution in [0.25, 0.3) is 0 Å². The van der Waals surface area contributed by atoms with Crippen LogP contribution in [0.4, 0.5) is 0 Å². The van der Waals surface area contributed by atoms with Gasteiger partial charge in [-0.3, -0.25) is 4.79 Å². The summed E-state index contributed by atoms with van der Waals surface area (Å²) in [7, 11) is -2.45. The highest BCUT2D eigenvalue weighted by Gasteiger charge is 2.48. The molecular weight excluding hydrogens is 215 g/mol. The van der Waals surface area contributed by atoms with E-state index in [4.69, 9.17) is 10.00 Å². The largest absolute Gasteiger partial charge is 0.510 e. The van der Waals surface area contributed by atoms with Crippen molar-refractivity contribution in [2.24, 2.45) is 0 Å². The number of hydrogen-bond acceptors (Lipinski definition) is 2. The molecule has 1 aliphatic rings. The van der Waals surface area contributed by atoms with Gasteiger partial charge < -0.3 is 5.11 Å². The third kappa shape index (κ3) is 1.66. The maximum atomic E-state index is 11.1. The van der Waals surface area contributed by atoms with Crippen molar-refractivity contribution in [3.05, 3.63) is 35.4 Å². The molecule has 5 heteroatoms. The number of rotatable bonds is 2. The molecule has 0 spiro atoms. The van der Waals surface area contributed by atoms with E-state index in [9.17, 15) is 9.36 Å². The predicted molar refractivity (Wildman–Crippen MR) is 54.1 cm³/mol. The fourth-order valence-electron chi connectivity index (χ4n) is 2.08. The maximum Gasteiger partial charge on any atom is 0.510 e. The molecule has 78 valence electrons. The van der Waals surface area contributed by atoms with Crippen molar-refractivity contribution in [2.75, 3.05) is 0 Å². The summed E-state index contributed by atoms with van der Waals surface area (Å²) in [5.41, 5.74) is 0.856. The highest BCUT2D eigenvalue weighted by atomic mass is 31.1. The van der Waals surface area contributed by atoms with E-state index in [-0.39, 0.29) is 0 Å². The molecule has 0 heterocycles. The van der Waals surface area contributed by atoms with Gasteiger partial charge in [-0.2, -0.15) is 4.89 Å². The smallest absolute Gasteiger partial charge is 0.481 e. The Kier molecular flexibility index (Phi) is 2.55. The van der Waals surface area contributed by atoms with E-state index >= 15 is 0 Å². The Morgan fingerprint density at radius 3 is 2.67 bits per heavy atom. The first kappa shape index (κ1) is 10.3. The van der Waals surface area contributed by atoms with Crippen molar-refractivity contribution >= 4 is 14.0 Å². The van der Waals surface area contributed by atoms with Crippen LogP contribution in [-0.2, 0) is 15.8 Å².